The second-order valence-corrected chi connectivity index (χ2v) is 3.72. The third-order valence-corrected chi connectivity index (χ3v) is 2.30. The van der Waals surface area contributed by atoms with Crippen LogP contribution in [0.4, 0.5) is 0 Å². The number of carbonyl (C=O) groups is 2. The minimum absolute atomic E-state index is 0.0757. The number of amides is 1. The lowest BCUT2D eigenvalue weighted by molar-refractivity contribution is 0.0692. The van der Waals surface area contributed by atoms with Crippen molar-refractivity contribution in [3.63, 3.8) is 0 Å². The molecule has 2 N–H and O–H groups in total. The van der Waals surface area contributed by atoms with Gasteiger partial charge in [-0.2, -0.15) is 0 Å². The van der Waals surface area contributed by atoms with Gasteiger partial charge >= 0.3 is 0 Å². The van der Waals surface area contributed by atoms with Crippen LogP contribution >= 0.6 is 0 Å². The second kappa shape index (κ2) is 7.62. The van der Waals surface area contributed by atoms with Crippen molar-refractivity contribution in [1.29, 1.82) is 0 Å². The van der Waals surface area contributed by atoms with Crippen LogP contribution in [-0.4, -0.2) is 50.1 Å². The number of H-pyrrole nitrogens is 1. The Hall–Kier alpha value is -1.66. The average Bonchev–Trinajstić information content (AvgIpc) is 2.83. The minimum Gasteiger partial charge on any atom is -0.382 e. The van der Waals surface area contributed by atoms with Gasteiger partial charge in [-0.3, -0.25) is 9.59 Å². The normalized spacial score (nSPS) is 10.3. The maximum Gasteiger partial charge on any atom is 0.267 e. The molecule has 1 aromatic rings. The maximum absolute atomic E-state index is 11.6. The Morgan fingerprint density at radius 1 is 1.33 bits per heavy atom. The molecule has 0 aliphatic heterocycles. The molecule has 1 amide bonds. The number of ketones is 1. The molecular weight excluding hydrogens is 236 g/mol. The number of carbonyl (C=O) groups excluding carboxylic acids is 2. The van der Waals surface area contributed by atoms with Gasteiger partial charge in [0.1, 0.15) is 5.69 Å². The summed E-state index contributed by atoms with van der Waals surface area (Å²) >= 11 is 0. The third-order valence-electron chi connectivity index (χ3n) is 2.30. The van der Waals surface area contributed by atoms with E-state index in [0.717, 1.165) is 0 Å². The monoisotopic (exact) mass is 254 g/mol. The first-order valence-electron chi connectivity index (χ1n) is 5.69. The number of rotatable bonds is 8. The van der Waals surface area contributed by atoms with Crippen molar-refractivity contribution < 1.29 is 19.1 Å². The predicted molar refractivity (Wildman–Crippen MR) is 65.8 cm³/mol. The summed E-state index contributed by atoms with van der Waals surface area (Å²) in [6.45, 7) is 3.33. The highest BCUT2D eigenvalue weighted by Gasteiger charge is 2.09. The van der Waals surface area contributed by atoms with Crippen molar-refractivity contribution in [2.75, 3.05) is 33.5 Å². The first-order valence-corrected chi connectivity index (χ1v) is 5.69. The number of Topliss-reactive ketones (excluding diaryl/α,β-unsaturated/α-hetero) is 1. The van der Waals surface area contributed by atoms with Gasteiger partial charge in [-0.05, 0) is 13.0 Å². The Bertz CT molecular complexity index is 401. The van der Waals surface area contributed by atoms with E-state index in [0.29, 0.717) is 37.6 Å². The number of methoxy groups -OCH3 is 1. The van der Waals surface area contributed by atoms with E-state index >= 15 is 0 Å². The van der Waals surface area contributed by atoms with Crippen LogP contribution in [0.25, 0.3) is 0 Å². The minimum atomic E-state index is -0.252. The molecule has 1 aromatic heterocycles. The topological polar surface area (TPSA) is 80.4 Å². The number of nitrogens with one attached hydrogen (secondary N) is 2. The van der Waals surface area contributed by atoms with Gasteiger partial charge in [-0.15, -0.1) is 0 Å². The van der Waals surface area contributed by atoms with E-state index in [9.17, 15) is 9.59 Å². The SMILES string of the molecule is COCCOCCNC(=O)c1cc(C(C)=O)c[nH]1. The summed E-state index contributed by atoms with van der Waals surface area (Å²) in [5.74, 6) is -0.328. The molecule has 0 aliphatic carbocycles. The van der Waals surface area contributed by atoms with Crippen LogP contribution in [0.5, 0.6) is 0 Å². The molecule has 0 fully saturated rings. The fourth-order valence-corrected chi connectivity index (χ4v) is 1.30. The van der Waals surface area contributed by atoms with E-state index in [4.69, 9.17) is 9.47 Å². The molecule has 0 spiro atoms. The van der Waals surface area contributed by atoms with Crippen LogP contribution in [-0.2, 0) is 9.47 Å². The predicted octanol–water partition coefficient (Wildman–Crippen LogP) is 0.610. The number of hydrogen-bond donors (Lipinski definition) is 2. The summed E-state index contributed by atoms with van der Waals surface area (Å²) in [6.07, 6.45) is 1.52. The van der Waals surface area contributed by atoms with Crippen LogP contribution in [0.1, 0.15) is 27.8 Å². The molecule has 6 heteroatoms. The standard InChI is InChI=1S/C12H18N2O4/c1-9(15)10-7-11(14-8-10)12(16)13-3-4-18-6-5-17-2/h7-8,14H,3-6H2,1-2H3,(H,13,16). The number of aromatic amines is 1. The highest BCUT2D eigenvalue weighted by Crippen LogP contribution is 2.03. The van der Waals surface area contributed by atoms with Crippen molar-refractivity contribution >= 4 is 11.7 Å². The van der Waals surface area contributed by atoms with E-state index in [1.165, 1.54) is 19.2 Å². The largest absolute Gasteiger partial charge is 0.382 e. The molecule has 6 nitrogen and oxygen atoms in total. The molecule has 0 atom stereocenters. The molecule has 0 aromatic carbocycles. The molecule has 0 bridgehead atoms. The molecular formula is C12H18N2O4. The van der Waals surface area contributed by atoms with Gasteiger partial charge in [-0.25, -0.2) is 0 Å². The summed E-state index contributed by atoms with van der Waals surface area (Å²) < 4.78 is 10.0. The van der Waals surface area contributed by atoms with Gasteiger partial charge in [0, 0.05) is 25.4 Å². The van der Waals surface area contributed by atoms with Crippen molar-refractivity contribution in [1.82, 2.24) is 10.3 Å². The molecule has 1 rings (SSSR count). The summed E-state index contributed by atoms with van der Waals surface area (Å²) in [4.78, 5) is 25.4. The van der Waals surface area contributed by atoms with Crippen LogP contribution in [0.2, 0.25) is 0 Å². The quantitative estimate of drug-likeness (QED) is 0.526. The van der Waals surface area contributed by atoms with Gasteiger partial charge in [0.25, 0.3) is 5.91 Å². The fourth-order valence-electron chi connectivity index (χ4n) is 1.30. The first kappa shape index (κ1) is 14.4. The Kier molecular flexibility index (Phi) is 6.10. The lowest BCUT2D eigenvalue weighted by Crippen LogP contribution is -2.27. The molecule has 100 valence electrons. The number of ether oxygens (including phenoxy) is 2. The number of aromatic nitrogens is 1. The third kappa shape index (κ3) is 4.68. The molecule has 0 saturated heterocycles. The molecule has 0 radical (unpaired) electrons. The van der Waals surface area contributed by atoms with E-state index in [-0.39, 0.29) is 11.7 Å². The van der Waals surface area contributed by atoms with Crippen molar-refractivity contribution in [3.8, 4) is 0 Å². The Morgan fingerprint density at radius 3 is 2.72 bits per heavy atom. The maximum atomic E-state index is 11.6. The van der Waals surface area contributed by atoms with E-state index in [1.54, 1.807) is 7.11 Å². The van der Waals surface area contributed by atoms with Crippen molar-refractivity contribution in [2.45, 2.75) is 6.92 Å². The van der Waals surface area contributed by atoms with Crippen molar-refractivity contribution in [3.05, 3.63) is 23.5 Å². The molecule has 0 saturated carbocycles. The zero-order valence-corrected chi connectivity index (χ0v) is 10.6. The zero-order chi connectivity index (χ0) is 13.4. The highest BCUT2D eigenvalue weighted by molar-refractivity contribution is 5.99. The zero-order valence-electron chi connectivity index (χ0n) is 10.6. The summed E-state index contributed by atoms with van der Waals surface area (Å²) in [6, 6.07) is 1.53. The molecule has 1 heterocycles. The lowest BCUT2D eigenvalue weighted by Gasteiger charge is -2.04. The van der Waals surface area contributed by atoms with E-state index in [2.05, 4.69) is 10.3 Å². The van der Waals surface area contributed by atoms with Gasteiger partial charge in [0.05, 0.1) is 19.8 Å². The second-order valence-electron chi connectivity index (χ2n) is 3.72. The molecule has 0 aliphatic rings. The Labute approximate surface area is 106 Å². The van der Waals surface area contributed by atoms with Gasteiger partial charge in [0.2, 0.25) is 0 Å². The van der Waals surface area contributed by atoms with Crippen molar-refractivity contribution in [2.24, 2.45) is 0 Å². The van der Waals surface area contributed by atoms with Crippen LogP contribution in [0.15, 0.2) is 12.3 Å². The van der Waals surface area contributed by atoms with E-state index < -0.39 is 0 Å². The Balaban J connectivity index is 2.25. The summed E-state index contributed by atoms with van der Waals surface area (Å²) in [5.41, 5.74) is 0.869. The molecule has 18 heavy (non-hydrogen) atoms. The van der Waals surface area contributed by atoms with E-state index in [1.807, 2.05) is 0 Å². The molecule has 0 unspecified atom stereocenters. The van der Waals surface area contributed by atoms with Crippen LogP contribution in [0.3, 0.4) is 0 Å². The lowest BCUT2D eigenvalue weighted by atomic mass is 10.2. The highest BCUT2D eigenvalue weighted by atomic mass is 16.5. The first-order chi connectivity index (χ1) is 8.65. The van der Waals surface area contributed by atoms with Gasteiger partial charge in [0.15, 0.2) is 5.78 Å². The fraction of sp³-hybridized carbons (Fsp3) is 0.500. The van der Waals surface area contributed by atoms with Gasteiger partial charge in [-0.1, -0.05) is 0 Å². The number of hydrogen-bond acceptors (Lipinski definition) is 4. The smallest absolute Gasteiger partial charge is 0.267 e. The van der Waals surface area contributed by atoms with Gasteiger partial charge < -0.3 is 19.8 Å². The van der Waals surface area contributed by atoms with Crippen LogP contribution < -0.4 is 5.32 Å². The van der Waals surface area contributed by atoms with Crippen LogP contribution in [0, 0.1) is 0 Å². The summed E-state index contributed by atoms with van der Waals surface area (Å²) in [5, 5.41) is 2.68. The summed E-state index contributed by atoms with van der Waals surface area (Å²) in [7, 11) is 1.60. The Morgan fingerprint density at radius 2 is 2.11 bits per heavy atom. The average molecular weight is 254 g/mol.